The summed E-state index contributed by atoms with van der Waals surface area (Å²) in [6.45, 7) is 7.65. The van der Waals surface area contributed by atoms with Crippen molar-refractivity contribution < 1.29 is 0 Å². The lowest BCUT2D eigenvalue weighted by molar-refractivity contribution is 0.522. The number of nitrogens with zero attached hydrogens (tertiary/aromatic N) is 2. The van der Waals surface area contributed by atoms with E-state index in [0.29, 0.717) is 5.92 Å². The van der Waals surface area contributed by atoms with Gasteiger partial charge in [-0.3, -0.25) is 0 Å². The first-order chi connectivity index (χ1) is 9.70. The molecule has 2 rings (SSSR count). The first-order valence-corrected chi connectivity index (χ1v) is 7.40. The Balaban J connectivity index is 1.86. The van der Waals surface area contributed by atoms with E-state index in [0.717, 1.165) is 31.6 Å². The quantitative estimate of drug-likeness (QED) is 0.781. The summed E-state index contributed by atoms with van der Waals surface area (Å²) >= 11 is 0. The molecule has 3 heteroatoms. The van der Waals surface area contributed by atoms with Crippen LogP contribution in [0.3, 0.4) is 0 Å². The number of nitrogens with one attached hydrogen (secondary N) is 1. The molecule has 1 aromatic heterocycles. The van der Waals surface area contributed by atoms with Crippen LogP contribution in [-0.4, -0.2) is 17.7 Å². The summed E-state index contributed by atoms with van der Waals surface area (Å²) in [7, 11) is 0. The maximum Gasteiger partial charge on any atom is 0.0992 e. The van der Waals surface area contributed by atoms with E-state index in [1.54, 1.807) is 0 Å². The van der Waals surface area contributed by atoms with E-state index in [1.807, 2.05) is 18.2 Å². The first kappa shape index (κ1) is 14.6. The van der Waals surface area contributed by atoms with Gasteiger partial charge in [0.15, 0.2) is 0 Å². The highest BCUT2D eigenvalue weighted by Crippen LogP contribution is 2.18. The normalized spacial score (nSPS) is 11.1. The van der Waals surface area contributed by atoms with Gasteiger partial charge in [-0.05, 0) is 55.4 Å². The number of aryl methyl sites for hydroxylation is 1. The minimum absolute atomic E-state index is 0.716. The molecule has 1 heterocycles. The highest BCUT2D eigenvalue weighted by Gasteiger charge is 2.02. The van der Waals surface area contributed by atoms with E-state index >= 15 is 0 Å². The predicted octanol–water partition coefficient (Wildman–Crippen LogP) is 3.54. The molecule has 0 saturated carbocycles. The monoisotopic (exact) mass is 269 g/mol. The van der Waals surface area contributed by atoms with Crippen LogP contribution in [0.5, 0.6) is 0 Å². The fraction of sp³-hybridized carbons (Fsp3) is 0.471. The van der Waals surface area contributed by atoms with Crippen molar-refractivity contribution in [2.45, 2.75) is 33.2 Å². The second-order valence-electron chi connectivity index (χ2n) is 5.70. The lowest BCUT2D eigenvalue weighted by Gasteiger charge is -2.08. The van der Waals surface area contributed by atoms with E-state index in [9.17, 15) is 0 Å². The van der Waals surface area contributed by atoms with Crippen LogP contribution in [0.15, 0.2) is 30.5 Å². The summed E-state index contributed by atoms with van der Waals surface area (Å²) in [5.41, 5.74) is 1.90. The molecule has 2 aromatic rings. The van der Waals surface area contributed by atoms with Crippen molar-refractivity contribution in [1.82, 2.24) is 9.88 Å². The largest absolute Gasteiger partial charge is 0.347 e. The molecule has 0 fully saturated rings. The summed E-state index contributed by atoms with van der Waals surface area (Å²) in [5.74, 6) is 0.716. The number of rotatable bonds is 7. The molecule has 0 aliphatic rings. The van der Waals surface area contributed by atoms with E-state index in [1.165, 1.54) is 17.3 Å². The summed E-state index contributed by atoms with van der Waals surface area (Å²) in [4.78, 5) is 0. The maximum absolute atomic E-state index is 8.98. The maximum atomic E-state index is 8.98. The second kappa shape index (κ2) is 7.12. The molecule has 0 aliphatic heterocycles. The Morgan fingerprint density at radius 3 is 2.85 bits per heavy atom. The van der Waals surface area contributed by atoms with E-state index < -0.39 is 0 Å². The van der Waals surface area contributed by atoms with Gasteiger partial charge >= 0.3 is 0 Å². The lowest BCUT2D eigenvalue weighted by Crippen LogP contribution is -2.20. The van der Waals surface area contributed by atoms with Gasteiger partial charge in [-0.2, -0.15) is 5.26 Å². The Labute approximate surface area is 121 Å². The fourth-order valence-corrected chi connectivity index (χ4v) is 2.37. The fourth-order valence-electron chi connectivity index (χ4n) is 2.37. The van der Waals surface area contributed by atoms with Crippen LogP contribution >= 0.6 is 0 Å². The number of aromatic nitrogens is 1. The average molecular weight is 269 g/mol. The van der Waals surface area contributed by atoms with Gasteiger partial charge < -0.3 is 9.88 Å². The van der Waals surface area contributed by atoms with Gasteiger partial charge in [-0.1, -0.05) is 19.9 Å². The zero-order chi connectivity index (χ0) is 14.4. The van der Waals surface area contributed by atoms with Crippen LogP contribution < -0.4 is 5.32 Å². The summed E-state index contributed by atoms with van der Waals surface area (Å²) in [5, 5.41) is 13.7. The molecule has 0 bridgehead atoms. The Hall–Kier alpha value is -1.79. The van der Waals surface area contributed by atoms with E-state index in [4.69, 9.17) is 5.26 Å². The number of hydrogen-bond donors (Lipinski definition) is 1. The standard InChI is InChI=1S/C17H23N3/c1-14(2)13-19-8-3-4-9-20-10-7-16-6-5-15(12-18)11-17(16)20/h5-7,10-11,14,19H,3-4,8-9,13H2,1-2H3. The van der Waals surface area contributed by atoms with Gasteiger partial charge in [0.2, 0.25) is 0 Å². The molecule has 0 aliphatic carbocycles. The zero-order valence-corrected chi connectivity index (χ0v) is 12.4. The third-order valence-electron chi connectivity index (χ3n) is 3.46. The van der Waals surface area contributed by atoms with Crippen molar-refractivity contribution in [3.63, 3.8) is 0 Å². The Morgan fingerprint density at radius 2 is 2.10 bits per heavy atom. The Bertz CT molecular complexity index is 590. The smallest absolute Gasteiger partial charge is 0.0992 e. The van der Waals surface area contributed by atoms with Gasteiger partial charge in [-0.25, -0.2) is 0 Å². The number of nitriles is 1. The third-order valence-corrected chi connectivity index (χ3v) is 3.46. The lowest BCUT2D eigenvalue weighted by atomic mass is 10.2. The molecule has 0 saturated heterocycles. The molecule has 0 unspecified atom stereocenters. The van der Waals surface area contributed by atoms with E-state index in [2.05, 4.69) is 42.1 Å². The second-order valence-corrected chi connectivity index (χ2v) is 5.70. The molecular weight excluding hydrogens is 246 g/mol. The van der Waals surface area contributed by atoms with Gasteiger partial charge in [0.25, 0.3) is 0 Å². The molecule has 0 spiro atoms. The molecule has 20 heavy (non-hydrogen) atoms. The molecule has 1 aromatic carbocycles. The van der Waals surface area contributed by atoms with Gasteiger partial charge in [0.05, 0.1) is 11.6 Å². The highest BCUT2D eigenvalue weighted by molar-refractivity contribution is 5.81. The Kier molecular flexibility index (Phi) is 5.20. The molecule has 1 N–H and O–H groups in total. The van der Waals surface area contributed by atoms with E-state index in [-0.39, 0.29) is 0 Å². The Morgan fingerprint density at radius 1 is 1.25 bits per heavy atom. The van der Waals surface area contributed by atoms with Crippen LogP contribution in [0, 0.1) is 17.2 Å². The van der Waals surface area contributed by atoms with Crippen LogP contribution in [-0.2, 0) is 6.54 Å². The van der Waals surface area contributed by atoms with Crippen LogP contribution in [0.2, 0.25) is 0 Å². The number of unbranched alkanes of at least 4 members (excludes halogenated alkanes) is 1. The molecule has 0 radical (unpaired) electrons. The predicted molar refractivity (Wildman–Crippen MR) is 83.6 cm³/mol. The number of fused-ring (bicyclic) bond motifs is 1. The van der Waals surface area contributed by atoms with Crippen molar-refractivity contribution in [2.24, 2.45) is 5.92 Å². The van der Waals surface area contributed by atoms with Crippen LogP contribution in [0.25, 0.3) is 10.9 Å². The summed E-state index contributed by atoms with van der Waals surface area (Å²) in [6, 6.07) is 10.2. The summed E-state index contributed by atoms with van der Waals surface area (Å²) in [6.07, 6.45) is 4.46. The zero-order valence-electron chi connectivity index (χ0n) is 12.4. The topological polar surface area (TPSA) is 40.8 Å². The van der Waals surface area contributed by atoms with Gasteiger partial charge in [-0.15, -0.1) is 0 Å². The molecule has 3 nitrogen and oxygen atoms in total. The SMILES string of the molecule is CC(C)CNCCCCn1ccc2ccc(C#N)cc21. The first-order valence-electron chi connectivity index (χ1n) is 7.40. The number of hydrogen-bond acceptors (Lipinski definition) is 2. The van der Waals surface area contributed by atoms with Crippen molar-refractivity contribution in [2.75, 3.05) is 13.1 Å². The summed E-state index contributed by atoms with van der Waals surface area (Å²) < 4.78 is 2.25. The average Bonchev–Trinajstić information content (AvgIpc) is 2.84. The molecule has 106 valence electrons. The minimum Gasteiger partial charge on any atom is -0.347 e. The van der Waals surface area contributed by atoms with Crippen molar-refractivity contribution in [3.8, 4) is 6.07 Å². The van der Waals surface area contributed by atoms with Crippen LogP contribution in [0.1, 0.15) is 32.3 Å². The highest BCUT2D eigenvalue weighted by atomic mass is 14.9. The minimum atomic E-state index is 0.716. The van der Waals surface area contributed by atoms with Crippen LogP contribution in [0.4, 0.5) is 0 Å². The van der Waals surface area contributed by atoms with Crippen molar-refractivity contribution in [1.29, 1.82) is 5.26 Å². The third kappa shape index (κ3) is 3.85. The molecular formula is C17H23N3. The molecule has 0 atom stereocenters. The van der Waals surface area contributed by atoms with Gasteiger partial charge in [0.1, 0.15) is 0 Å². The van der Waals surface area contributed by atoms with Crippen molar-refractivity contribution in [3.05, 3.63) is 36.0 Å². The van der Waals surface area contributed by atoms with Gasteiger partial charge in [0, 0.05) is 18.3 Å². The number of benzene rings is 1. The molecule has 0 amide bonds. The van der Waals surface area contributed by atoms with Crippen molar-refractivity contribution >= 4 is 10.9 Å².